The molecule has 3 heteroatoms. The lowest BCUT2D eigenvalue weighted by molar-refractivity contribution is 0.369. The molecule has 0 fully saturated rings. The summed E-state index contributed by atoms with van der Waals surface area (Å²) in [6, 6.07) is 5.72. The zero-order chi connectivity index (χ0) is 14.4. The van der Waals surface area contributed by atoms with Crippen molar-refractivity contribution >= 4 is 11.6 Å². The summed E-state index contributed by atoms with van der Waals surface area (Å²) in [4.78, 5) is 0. The molecule has 1 aromatic carbocycles. The van der Waals surface area contributed by atoms with Crippen LogP contribution in [0.2, 0.25) is 5.02 Å². The number of hydrogen-bond donors (Lipinski definition) is 1. The largest absolute Gasteiger partial charge is 0.314 e. The molecule has 19 heavy (non-hydrogen) atoms. The Balaban J connectivity index is 2.72. The van der Waals surface area contributed by atoms with E-state index in [4.69, 9.17) is 11.6 Å². The van der Waals surface area contributed by atoms with Crippen LogP contribution in [0.3, 0.4) is 0 Å². The molecule has 0 amide bonds. The van der Waals surface area contributed by atoms with Crippen molar-refractivity contribution in [2.24, 2.45) is 11.8 Å². The van der Waals surface area contributed by atoms with Crippen LogP contribution < -0.4 is 5.32 Å². The summed E-state index contributed by atoms with van der Waals surface area (Å²) in [5.74, 6) is 0.791. The highest BCUT2D eigenvalue weighted by atomic mass is 35.5. The van der Waals surface area contributed by atoms with Gasteiger partial charge in [-0.15, -0.1) is 0 Å². The van der Waals surface area contributed by atoms with Gasteiger partial charge in [-0.3, -0.25) is 0 Å². The molecule has 0 aliphatic rings. The lowest BCUT2D eigenvalue weighted by atomic mass is 9.90. The maximum absolute atomic E-state index is 13.9. The molecule has 0 radical (unpaired) electrons. The minimum absolute atomic E-state index is 0.220. The normalized spacial score (nSPS) is 13.3. The SMILES string of the molecule is CC(C)CC(CNC(C)C)Cc1cccc(Cl)c1F. The van der Waals surface area contributed by atoms with Gasteiger partial charge >= 0.3 is 0 Å². The van der Waals surface area contributed by atoms with E-state index in [1.807, 2.05) is 12.1 Å². The van der Waals surface area contributed by atoms with Crippen LogP contribution in [0.4, 0.5) is 4.39 Å². The third kappa shape index (κ3) is 5.92. The van der Waals surface area contributed by atoms with Gasteiger partial charge in [0.15, 0.2) is 0 Å². The molecule has 1 unspecified atom stereocenters. The van der Waals surface area contributed by atoms with Crippen molar-refractivity contribution in [3.63, 3.8) is 0 Å². The Kier molecular flexibility index (Phi) is 6.81. The topological polar surface area (TPSA) is 12.0 Å². The molecule has 0 aromatic heterocycles. The Morgan fingerprint density at radius 2 is 1.89 bits per heavy atom. The van der Waals surface area contributed by atoms with E-state index >= 15 is 0 Å². The predicted molar refractivity (Wildman–Crippen MR) is 81.2 cm³/mol. The van der Waals surface area contributed by atoms with Crippen molar-refractivity contribution in [2.45, 2.75) is 46.6 Å². The summed E-state index contributed by atoms with van der Waals surface area (Å²) < 4.78 is 13.9. The third-order valence-corrected chi connectivity index (χ3v) is 3.45. The van der Waals surface area contributed by atoms with E-state index in [-0.39, 0.29) is 10.8 Å². The maximum atomic E-state index is 13.9. The van der Waals surface area contributed by atoms with Crippen molar-refractivity contribution in [3.8, 4) is 0 Å². The fourth-order valence-corrected chi connectivity index (χ4v) is 2.52. The summed E-state index contributed by atoms with van der Waals surface area (Å²) in [7, 11) is 0. The Hall–Kier alpha value is -0.600. The van der Waals surface area contributed by atoms with Crippen LogP contribution in [0.15, 0.2) is 18.2 Å². The molecular formula is C16H25ClFN. The first-order valence-corrected chi connectivity index (χ1v) is 7.44. The van der Waals surface area contributed by atoms with Crippen LogP contribution in [0.25, 0.3) is 0 Å². The van der Waals surface area contributed by atoms with E-state index < -0.39 is 0 Å². The van der Waals surface area contributed by atoms with Gasteiger partial charge < -0.3 is 5.32 Å². The molecule has 0 aliphatic carbocycles. The average molecular weight is 286 g/mol. The quantitative estimate of drug-likeness (QED) is 0.767. The molecule has 0 spiro atoms. The van der Waals surface area contributed by atoms with Gasteiger partial charge in [-0.1, -0.05) is 51.4 Å². The van der Waals surface area contributed by atoms with Crippen LogP contribution >= 0.6 is 11.6 Å². The number of hydrogen-bond acceptors (Lipinski definition) is 1. The van der Waals surface area contributed by atoms with E-state index in [9.17, 15) is 4.39 Å². The van der Waals surface area contributed by atoms with E-state index in [0.717, 1.165) is 24.9 Å². The van der Waals surface area contributed by atoms with Crippen molar-refractivity contribution in [3.05, 3.63) is 34.6 Å². The van der Waals surface area contributed by atoms with E-state index in [1.165, 1.54) is 0 Å². The molecule has 1 atom stereocenters. The lowest BCUT2D eigenvalue weighted by Gasteiger charge is -2.21. The highest BCUT2D eigenvalue weighted by Gasteiger charge is 2.15. The zero-order valence-electron chi connectivity index (χ0n) is 12.3. The smallest absolute Gasteiger partial charge is 0.144 e. The molecule has 0 saturated carbocycles. The molecule has 0 saturated heterocycles. The summed E-state index contributed by atoms with van der Waals surface area (Å²) in [6.07, 6.45) is 1.83. The van der Waals surface area contributed by atoms with Gasteiger partial charge in [0.05, 0.1) is 5.02 Å². The van der Waals surface area contributed by atoms with Crippen molar-refractivity contribution in [1.82, 2.24) is 5.32 Å². The van der Waals surface area contributed by atoms with Gasteiger partial charge in [0.1, 0.15) is 5.82 Å². The first-order chi connectivity index (χ1) is 8.90. The highest BCUT2D eigenvalue weighted by molar-refractivity contribution is 6.30. The summed E-state index contributed by atoms with van der Waals surface area (Å²) >= 11 is 5.84. The molecule has 0 heterocycles. The Morgan fingerprint density at radius 1 is 1.21 bits per heavy atom. The molecule has 1 N–H and O–H groups in total. The Morgan fingerprint density at radius 3 is 2.47 bits per heavy atom. The van der Waals surface area contributed by atoms with Crippen molar-refractivity contribution in [2.75, 3.05) is 6.54 Å². The first-order valence-electron chi connectivity index (χ1n) is 7.06. The Labute approximate surface area is 121 Å². The monoisotopic (exact) mass is 285 g/mol. The number of halogens is 2. The summed E-state index contributed by atoms with van der Waals surface area (Å²) in [5, 5.41) is 3.67. The van der Waals surface area contributed by atoms with E-state index in [1.54, 1.807) is 6.07 Å². The molecular weight excluding hydrogens is 261 g/mol. The van der Waals surface area contributed by atoms with Gasteiger partial charge in [0.25, 0.3) is 0 Å². The van der Waals surface area contributed by atoms with Crippen LogP contribution in [0, 0.1) is 17.7 Å². The van der Waals surface area contributed by atoms with Crippen LogP contribution in [-0.4, -0.2) is 12.6 Å². The summed E-state index contributed by atoms with van der Waals surface area (Å²) in [5.41, 5.74) is 0.726. The van der Waals surface area contributed by atoms with Crippen LogP contribution in [-0.2, 0) is 6.42 Å². The number of benzene rings is 1. The number of rotatable bonds is 7. The second kappa shape index (κ2) is 7.86. The molecule has 1 nitrogen and oxygen atoms in total. The van der Waals surface area contributed by atoms with Gasteiger partial charge in [-0.25, -0.2) is 4.39 Å². The number of nitrogens with one attached hydrogen (secondary N) is 1. The molecule has 0 bridgehead atoms. The van der Waals surface area contributed by atoms with Crippen molar-refractivity contribution < 1.29 is 4.39 Å². The van der Waals surface area contributed by atoms with E-state index in [0.29, 0.717) is 17.9 Å². The molecule has 1 aromatic rings. The first kappa shape index (κ1) is 16.5. The molecule has 0 aliphatic heterocycles. The Bertz CT molecular complexity index is 390. The highest BCUT2D eigenvalue weighted by Crippen LogP contribution is 2.23. The van der Waals surface area contributed by atoms with Gasteiger partial charge in [-0.05, 0) is 42.9 Å². The fourth-order valence-electron chi connectivity index (χ4n) is 2.32. The third-order valence-electron chi connectivity index (χ3n) is 3.16. The van der Waals surface area contributed by atoms with Gasteiger partial charge in [-0.2, -0.15) is 0 Å². The summed E-state index contributed by atoms with van der Waals surface area (Å²) in [6.45, 7) is 9.59. The van der Waals surface area contributed by atoms with Crippen LogP contribution in [0.5, 0.6) is 0 Å². The minimum atomic E-state index is -0.262. The van der Waals surface area contributed by atoms with Crippen LogP contribution in [0.1, 0.15) is 39.7 Å². The molecule has 108 valence electrons. The second-order valence-corrected chi connectivity index (χ2v) is 6.38. The van der Waals surface area contributed by atoms with Crippen molar-refractivity contribution in [1.29, 1.82) is 0 Å². The van der Waals surface area contributed by atoms with Gasteiger partial charge in [0.2, 0.25) is 0 Å². The fraction of sp³-hybridized carbons (Fsp3) is 0.625. The van der Waals surface area contributed by atoms with Gasteiger partial charge in [0, 0.05) is 6.04 Å². The maximum Gasteiger partial charge on any atom is 0.144 e. The average Bonchev–Trinajstić information content (AvgIpc) is 2.31. The minimum Gasteiger partial charge on any atom is -0.314 e. The second-order valence-electron chi connectivity index (χ2n) is 5.98. The zero-order valence-corrected chi connectivity index (χ0v) is 13.1. The molecule has 1 rings (SSSR count). The predicted octanol–water partition coefficient (Wildman–Crippen LogP) is 4.68. The lowest BCUT2D eigenvalue weighted by Crippen LogP contribution is -2.30. The van der Waals surface area contributed by atoms with E-state index in [2.05, 4.69) is 33.0 Å². The standard InChI is InChI=1S/C16H25ClFN/c1-11(2)8-13(10-19-12(3)4)9-14-6-5-7-15(17)16(14)18/h5-7,11-13,19H,8-10H2,1-4H3.